The van der Waals surface area contributed by atoms with Crippen molar-refractivity contribution >= 4 is 16.8 Å². The fraction of sp³-hybridized carbons (Fsp3) is 0.0833. The molecule has 0 amide bonds. The zero-order valence-electron chi connectivity index (χ0n) is 15.9. The van der Waals surface area contributed by atoms with Gasteiger partial charge in [-0.2, -0.15) is 5.26 Å². The van der Waals surface area contributed by atoms with Gasteiger partial charge in [0.25, 0.3) is 5.56 Å². The van der Waals surface area contributed by atoms with Gasteiger partial charge >= 0.3 is 0 Å². The molecule has 6 nitrogen and oxygen atoms in total. The molecule has 0 saturated heterocycles. The minimum absolute atomic E-state index is 0.0119. The lowest BCUT2D eigenvalue weighted by atomic mass is 9.99. The molecule has 0 aliphatic rings. The molecule has 30 heavy (non-hydrogen) atoms. The number of aromatic hydroxyl groups is 1. The molecule has 2 heterocycles. The number of nitriles is 1. The van der Waals surface area contributed by atoms with Gasteiger partial charge in [-0.1, -0.05) is 36.4 Å². The van der Waals surface area contributed by atoms with Gasteiger partial charge in [-0.3, -0.25) is 14.2 Å². The Labute approximate surface area is 172 Å². The molecule has 2 aromatic heterocycles. The first-order valence-corrected chi connectivity index (χ1v) is 9.41. The van der Waals surface area contributed by atoms with Crippen LogP contribution in [0.25, 0.3) is 16.7 Å². The number of carbonyl (C=O) groups excluding carboxylic acids is 1. The fourth-order valence-corrected chi connectivity index (χ4v) is 3.49. The van der Waals surface area contributed by atoms with Crippen LogP contribution in [0.1, 0.15) is 27.9 Å². The summed E-state index contributed by atoms with van der Waals surface area (Å²) in [6.07, 6.45) is 1.81. The van der Waals surface area contributed by atoms with Crippen molar-refractivity contribution in [1.82, 2.24) is 9.55 Å². The first-order chi connectivity index (χ1) is 14.6. The van der Waals surface area contributed by atoms with E-state index in [-0.39, 0.29) is 29.8 Å². The fourth-order valence-electron chi connectivity index (χ4n) is 3.49. The summed E-state index contributed by atoms with van der Waals surface area (Å²) in [5.41, 5.74) is 1.14. The predicted octanol–water partition coefficient (Wildman–Crippen LogP) is 3.78. The summed E-state index contributed by atoms with van der Waals surface area (Å²) in [6.45, 7) is 0. The molecule has 0 fully saturated rings. The van der Waals surface area contributed by atoms with Gasteiger partial charge in [0.2, 0.25) is 0 Å². The molecule has 2 aromatic carbocycles. The van der Waals surface area contributed by atoms with Crippen LogP contribution in [0.2, 0.25) is 0 Å². The van der Waals surface area contributed by atoms with Gasteiger partial charge in [-0.05, 0) is 42.3 Å². The molecule has 0 spiro atoms. The number of nitrogens with zero attached hydrogens (tertiary/aromatic N) is 3. The highest BCUT2D eigenvalue weighted by Crippen LogP contribution is 2.27. The van der Waals surface area contributed by atoms with Crippen molar-refractivity contribution in [2.45, 2.75) is 12.8 Å². The Morgan fingerprint density at radius 1 is 1.03 bits per heavy atom. The van der Waals surface area contributed by atoms with Crippen molar-refractivity contribution in [3.63, 3.8) is 0 Å². The van der Waals surface area contributed by atoms with E-state index < -0.39 is 11.3 Å². The lowest BCUT2D eigenvalue weighted by Crippen LogP contribution is -2.26. The van der Waals surface area contributed by atoms with Gasteiger partial charge in [0.1, 0.15) is 11.3 Å². The highest BCUT2D eigenvalue weighted by atomic mass is 16.3. The molecule has 0 bridgehead atoms. The SMILES string of the molecule is N#Cc1ccccc1CCC(=O)c1c(O)c2cccnc2n(-c2ccccc2)c1=O. The molecule has 146 valence electrons. The van der Waals surface area contributed by atoms with E-state index in [4.69, 9.17) is 0 Å². The molecule has 0 radical (unpaired) electrons. The summed E-state index contributed by atoms with van der Waals surface area (Å²) < 4.78 is 1.34. The lowest BCUT2D eigenvalue weighted by molar-refractivity contribution is 0.0978. The molecule has 0 aliphatic carbocycles. The molecule has 0 aliphatic heterocycles. The van der Waals surface area contributed by atoms with Crippen molar-refractivity contribution in [1.29, 1.82) is 5.26 Å². The number of rotatable bonds is 5. The highest BCUT2D eigenvalue weighted by Gasteiger charge is 2.23. The Balaban J connectivity index is 1.82. The zero-order chi connectivity index (χ0) is 21.1. The van der Waals surface area contributed by atoms with Gasteiger partial charge in [-0.15, -0.1) is 0 Å². The Bertz CT molecular complexity index is 1350. The van der Waals surface area contributed by atoms with E-state index in [0.717, 1.165) is 5.56 Å². The smallest absolute Gasteiger partial charge is 0.271 e. The van der Waals surface area contributed by atoms with Crippen molar-refractivity contribution < 1.29 is 9.90 Å². The van der Waals surface area contributed by atoms with Crippen LogP contribution in [0.5, 0.6) is 5.75 Å². The van der Waals surface area contributed by atoms with E-state index in [1.165, 1.54) is 10.8 Å². The summed E-state index contributed by atoms with van der Waals surface area (Å²) in [7, 11) is 0. The second kappa shape index (κ2) is 8.02. The van der Waals surface area contributed by atoms with Gasteiger partial charge in [0.05, 0.1) is 22.7 Å². The van der Waals surface area contributed by atoms with E-state index in [2.05, 4.69) is 11.1 Å². The van der Waals surface area contributed by atoms with Crippen LogP contribution in [0.4, 0.5) is 0 Å². The quantitative estimate of drug-likeness (QED) is 0.519. The van der Waals surface area contributed by atoms with Gasteiger partial charge in [-0.25, -0.2) is 4.98 Å². The molecule has 6 heteroatoms. The maximum atomic E-state index is 13.3. The lowest BCUT2D eigenvalue weighted by Gasteiger charge is -2.14. The van der Waals surface area contributed by atoms with E-state index in [9.17, 15) is 20.0 Å². The van der Waals surface area contributed by atoms with E-state index in [1.54, 1.807) is 60.7 Å². The minimum atomic E-state index is -0.622. The second-order valence-electron chi connectivity index (χ2n) is 6.77. The number of Topliss-reactive ketones (excluding diaryl/α,β-unsaturated/α-hetero) is 1. The molecule has 4 aromatic rings. The number of para-hydroxylation sites is 1. The van der Waals surface area contributed by atoms with E-state index in [0.29, 0.717) is 16.6 Å². The predicted molar refractivity (Wildman–Crippen MR) is 113 cm³/mol. The summed E-state index contributed by atoms with van der Waals surface area (Å²) in [6, 6.07) is 21.2. The zero-order valence-corrected chi connectivity index (χ0v) is 15.9. The maximum absolute atomic E-state index is 13.3. The number of aryl methyl sites for hydroxylation is 1. The highest BCUT2D eigenvalue weighted by molar-refractivity contribution is 6.03. The number of carbonyl (C=O) groups is 1. The number of pyridine rings is 2. The Hall–Kier alpha value is -4.24. The van der Waals surface area contributed by atoms with Crippen LogP contribution >= 0.6 is 0 Å². The van der Waals surface area contributed by atoms with Crippen molar-refractivity contribution in [2.75, 3.05) is 0 Å². The van der Waals surface area contributed by atoms with Gasteiger partial charge < -0.3 is 5.11 Å². The summed E-state index contributed by atoms with van der Waals surface area (Å²) in [4.78, 5) is 30.5. The van der Waals surface area contributed by atoms with Crippen LogP contribution in [0, 0.1) is 11.3 Å². The number of hydrogen-bond acceptors (Lipinski definition) is 5. The monoisotopic (exact) mass is 395 g/mol. The maximum Gasteiger partial charge on any atom is 0.271 e. The van der Waals surface area contributed by atoms with E-state index >= 15 is 0 Å². The molecule has 4 rings (SSSR count). The molecule has 1 N–H and O–H groups in total. The molecular weight excluding hydrogens is 378 g/mol. The summed E-state index contributed by atoms with van der Waals surface area (Å²) in [5, 5.41) is 20.3. The third-order valence-electron chi connectivity index (χ3n) is 4.96. The van der Waals surface area contributed by atoms with Crippen LogP contribution in [-0.4, -0.2) is 20.4 Å². The number of fused-ring (bicyclic) bond motifs is 1. The van der Waals surface area contributed by atoms with Gasteiger partial charge in [0.15, 0.2) is 11.4 Å². The van der Waals surface area contributed by atoms with Crippen LogP contribution in [0.3, 0.4) is 0 Å². The van der Waals surface area contributed by atoms with E-state index in [1.807, 2.05) is 6.07 Å². The summed E-state index contributed by atoms with van der Waals surface area (Å²) >= 11 is 0. The van der Waals surface area contributed by atoms with Crippen LogP contribution < -0.4 is 5.56 Å². The minimum Gasteiger partial charge on any atom is -0.506 e. The van der Waals surface area contributed by atoms with Crippen molar-refractivity contribution in [3.8, 4) is 17.5 Å². The number of aromatic nitrogens is 2. The first-order valence-electron chi connectivity index (χ1n) is 9.41. The van der Waals surface area contributed by atoms with Gasteiger partial charge in [0, 0.05) is 12.6 Å². The second-order valence-corrected chi connectivity index (χ2v) is 6.77. The Morgan fingerprint density at radius 3 is 2.53 bits per heavy atom. The molecule has 0 saturated carbocycles. The number of hydrogen-bond donors (Lipinski definition) is 1. The third-order valence-corrected chi connectivity index (χ3v) is 4.96. The molecular formula is C24H17N3O3. The first kappa shape index (κ1) is 19.1. The number of ketones is 1. The topological polar surface area (TPSA) is 96.0 Å². The Morgan fingerprint density at radius 2 is 1.77 bits per heavy atom. The normalized spacial score (nSPS) is 10.6. The number of benzene rings is 2. The average molecular weight is 395 g/mol. The van der Waals surface area contributed by atoms with Crippen molar-refractivity contribution in [2.24, 2.45) is 0 Å². The largest absolute Gasteiger partial charge is 0.506 e. The van der Waals surface area contributed by atoms with Crippen LogP contribution in [0.15, 0.2) is 77.7 Å². The average Bonchev–Trinajstić information content (AvgIpc) is 2.79. The summed E-state index contributed by atoms with van der Waals surface area (Å²) in [5.74, 6) is -0.852. The molecule has 0 unspecified atom stereocenters. The van der Waals surface area contributed by atoms with Crippen molar-refractivity contribution in [3.05, 3.63) is 100.0 Å². The standard InChI is InChI=1S/C24H17N3O3/c25-15-17-8-5-4-7-16(17)12-13-20(28)21-22(29)19-11-6-14-26-23(19)27(24(21)30)18-9-2-1-3-10-18/h1-11,14,29H,12-13H2. The van der Waals surface area contributed by atoms with Crippen LogP contribution in [-0.2, 0) is 6.42 Å². The Kier molecular flexibility index (Phi) is 5.10. The third kappa shape index (κ3) is 3.33. The molecule has 0 atom stereocenters.